The average molecular weight is 547 g/mol. The fourth-order valence-electron chi connectivity index (χ4n) is 5.31. The van der Waals surface area contributed by atoms with Crippen LogP contribution in [0.1, 0.15) is 38.7 Å². The number of phenols is 1. The molecule has 1 saturated carbocycles. The molecular formula is C31H34N2O7. The summed E-state index contributed by atoms with van der Waals surface area (Å²) < 4.78 is 11.3. The van der Waals surface area contributed by atoms with Gasteiger partial charge >= 0.3 is 0 Å². The van der Waals surface area contributed by atoms with Gasteiger partial charge in [-0.2, -0.15) is 0 Å². The number of ketones is 1. The van der Waals surface area contributed by atoms with Crippen molar-refractivity contribution in [2.75, 3.05) is 23.8 Å². The van der Waals surface area contributed by atoms with Gasteiger partial charge in [-0.3, -0.25) is 14.4 Å². The lowest BCUT2D eigenvalue weighted by Gasteiger charge is -2.44. The van der Waals surface area contributed by atoms with Gasteiger partial charge in [0.2, 0.25) is 11.8 Å². The molecule has 9 heteroatoms. The molecule has 0 heterocycles. The summed E-state index contributed by atoms with van der Waals surface area (Å²) in [6.45, 7) is 5.82. The number of aliphatic hydroxyl groups is 1. The van der Waals surface area contributed by atoms with Crippen molar-refractivity contribution in [3.05, 3.63) is 78.4 Å². The van der Waals surface area contributed by atoms with Crippen LogP contribution < -0.4 is 20.1 Å². The molecule has 4 unspecified atom stereocenters. The number of ether oxygens (including phenoxy) is 2. The van der Waals surface area contributed by atoms with Gasteiger partial charge in [-0.15, -0.1) is 0 Å². The molecule has 1 aliphatic rings. The number of nitrogens with one attached hydrogen (secondary N) is 2. The van der Waals surface area contributed by atoms with Crippen molar-refractivity contribution < 1.29 is 34.1 Å². The number of aromatic hydroxyl groups is 1. The minimum absolute atomic E-state index is 0.0177. The lowest BCUT2D eigenvalue weighted by Crippen LogP contribution is -2.56. The molecule has 0 aliphatic heterocycles. The van der Waals surface area contributed by atoms with Crippen LogP contribution >= 0.6 is 0 Å². The first-order chi connectivity index (χ1) is 19.2. The van der Waals surface area contributed by atoms with Crippen LogP contribution in [0.5, 0.6) is 17.2 Å². The monoisotopic (exact) mass is 546 g/mol. The van der Waals surface area contributed by atoms with Crippen LogP contribution in [0.3, 0.4) is 0 Å². The molecule has 210 valence electrons. The Morgan fingerprint density at radius 1 is 0.850 bits per heavy atom. The van der Waals surface area contributed by atoms with Gasteiger partial charge in [-0.1, -0.05) is 36.4 Å². The molecule has 0 saturated heterocycles. The van der Waals surface area contributed by atoms with Crippen LogP contribution in [0, 0.1) is 11.8 Å². The molecule has 4 atom stereocenters. The molecule has 3 aromatic carbocycles. The van der Waals surface area contributed by atoms with E-state index in [4.69, 9.17) is 9.47 Å². The SMILES string of the molecule is CCOc1ccccc1NC(=O)C1C(=O)CC(C)(O)C(C(=O)Nc2ccccc2OCC)C1c1ccc(O)cc1. The first kappa shape index (κ1) is 28.6. The van der Waals surface area contributed by atoms with Crippen molar-refractivity contribution in [1.29, 1.82) is 0 Å². The first-order valence-electron chi connectivity index (χ1n) is 13.3. The fraction of sp³-hybridized carbons (Fsp3) is 0.323. The molecule has 4 N–H and O–H groups in total. The summed E-state index contributed by atoms with van der Waals surface area (Å²) in [6, 6.07) is 19.7. The fourth-order valence-corrected chi connectivity index (χ4v) is 5.31. The van der Waals surface area contributed by atoms with E-state index in [-0.39, 0.29) is 5.75 Å². The summed E-state index contributed by atoms with van der Waals surface area (Å²) >= 11 is 0. The number of rotatable bonds is 9. The van der Waals surface area contributed by atoms with Crippen LogP contribution in [-0.4, -0.2) is 46.6 Å². The maximum atomic E-state index is 13.9. The van der Waals surface area contributed by atoms with Crippen LogP contribution in [-0.2, 0) is 14.4 Å². The highest BCUT2D eigenvalue weighted by Crippen LogP contribution is 2.47. The third kappa shape index (κ3) is 6.10. The van der Waals surface area contributed by atoms with Gasteiger partial charge in [0, 0.05) is 12.3 Å². The van der Waals surface area contributed by atoms with Gasteiger partial charge in [-0.05, 0) is 62.7 Å². The van der Waals surface area contributed by atoms with E-state index in [2.05, 4.69) is 10.6 Å². The molecule has 0 spiro atoms. The van der Waals surface area contributed by atoms with E-state index in [9.17, 15) is 24.6 Å². The number of carbonyl (C=O) groups excluding carboxylic acids is 3. The maximum absolute atomic E-state index is 13.9. The zero-order chi connectivity index (χ0) is 28.9. The topological polar surface area (TPSA) is 134 Å². The number of carbonyl (C=O) groups is 3. The van der Waals surface area contributed by atoms with Gasteiger partial charge < -0.3 is 30.3 Å². The summed E-state index contributed by atoms with van der Waals surface area (Å²) in [5, 5.41) is 27.1. The number of hydrogen-bond acceptors (Lipinski definition) is 7. The number of amides is 2. The average Bonchev–Trinajstić information content (AvgIpc) is 2.90. The predicted molar refractivity (Wildman–Crippen MR) is 151 cm³/mol. The number of anilines is 2. The molecule has 40 heavy (non-hydrogen) atoms. The number of benzene rings is 3. The summed E-state index contributed by atoms with van der Waals surface area (Å²) in [5.74, 6) is -4.39. The second-order valence-corrected chi connectivity index (χ2v) is 9.91. The second-order valence-electron chi connectivity index (χ2n) is 9.91. The zero-order valence-electron chi connectivity index (χ0n) is 22.7. The van der Waals surface area contributed by atoms with Gasteiger partial charge in [0.05, 0.1) is 36.1 Å². The highest BCUT2D eigenvalue weighted by molar-refractivity contribution is 6.11. The van der Waals surface area contributed by atoms with E-state index < -0.39 is 47.4 Å². The quantitative estimate of drug-likeness (QED) is 0.290. The normalized spacial score (nSPS) is 22.3. The van der Waals surface area contributed by atoms with E-state index >= 15 is 0 Å². The number of para-hydroxylation sites is 4. The van der Waals surface area contributed by atoms with Crippen LogP contribution in [0.4, 0.5) is 11.4 Å². The smallest absolute Gasteiger partial charge is 0.235 e. The van der Waals surface area contributed by atoms with Crippen LogP contribution in [0.15, 0.2) is 72.8 Å². The minimum atomic E-state index is -1.77. The third-order valence-corrected chi connectivity index (χ3v) is 7.00. The Bertz CT molecular complexity index is 1370. The van der Waals surface area contributed by atoms with E-state index in [1.807, 2.05) is 13.8 Å². The maximum Gasteiger partial charge on any atom is 0.235 e. The Morgan fingerprint density at radius 3 is 1.88 bits per heavy atom. The van der Waals surface area contributed by atoms with Crippen molar-refractivity contribution >= 4 is 29.0 Å². The van der Waals surface area contributed by atoms with Crippen molar-refractivity contribution in [3.8, 4) is 17.2 Å². The summed E-state index contributed by atoms with van der Waals surface area (Å²) in [4.78, 5) is 41.2. The highest BCUT2D eigenvalue weighted by atomic mass is 16.5. The van der Waals surface area contributed by atoms with Gasteiger partial charge in [0.15, 0.2) is 0 Å². The Morgan fingerprint density at radius 2 is 1.35 bits per heavy atom. The van der Waals surface area contributed by atoms with Crippen molar-refractivity contribution in [2.24, 2.45) is 11.8 Å². The van der Waals surface area contributed by atoms with Gasteiger partial charge in [0.1, 0.15) is 28.9 Å². The van der Waals surface area contributed by atoms with E-state index in [1.165, 1.54) is 19.1 Å². The summed E-state index contributed by atoms with van der Waals surface area (Å²) in [6.07, 6.45) is -0.405. The van der Waals surface area contributed by atoms with E-state index in [0.29, 0.717) is 41.7 Å². The molecule has 0 radical (unpaired) electrons. The molecule has 1 fully saturated rings. The summed E-state index contributed by atoms with van der Waals surface area (Å²) in [5.41, 5.74) is -0.541. The Hall–Kier alpha value is -4.37. The molecule has 1 aliphatic carbocycles. The lowest BCUT2D eigenvalue weighted by atomic mass is 9.61. The number of hydrogen-bond donors (Lipinski definition) is 4. The highest BCUT2D eigenvalue weighted by Gasteiger charge is 2.56. The Kier molecular flexibility index (Phi) is 8.74. The number of Topliss-reactive ketones (excluding diaryl/α,β-unsaturated/α-hetero) is 1. The molecule has 2 amide bonds. The lowest BCUT2D eigenvalue weighted by molar-refractivity contribution is -0.150. The van der Waals surface area contributed by atoms with Crippen molar-refractivity contribution in [3.63, 3.8) is 0 Å². The summed E-state index contributed by atoms with van der Waals surface area (Å²) in [7, 11) is 0. The van der Waals surface area contributed by atoms with Crippen LogP contribution in [0.25, 0.3) is 0 Å². The van der Waals surface area contributed by atoms with Gasteiger partial charge in [0.25, 0.3) is 0 Å². The second kappa shape index (κ2) is 12.2. The zero-order valence-corrected chi connectivity index (χ0v) is 22.7. The first-order valence-corrected chi connectivity index (χ1v) is 13.3. The minimum Gasteiger partial charge on any atom is -0.508 e. The molecule has 0 bridgehead atoms. The molecular weight excluding hydrogens is 512 g/mol. The Balaban J connectivity index is 1.76. The molecule has 4 rings (SSSR count). The third-order valence-electron chi connectivity index (χ3n) is 7.00. The van der Waals surface area contributed by atoms with E-state index in [0.717, 1.165) is 0 Å². The predicted octanol–water partition coefficient (Wildman–Crippen LogP) is 4.51. The number of phenolic OH excluding ortho intramolecular Hbond substituents is 1. The van der Waals surface area contributed by atoms with Crippen LogP contribution in [0.2, 0.25) is 0 Å². The van der Waals surface area contributed by atoms with E-state index in [1.54, 1.807) is 60.7 Å². The molecule has 0 aromatic heterocycles. The largest absolute Gasteiger partial charge is 0.508 e. The standard InChI is InChI=1S/C31H34N2O7/c1-4-39-24-12-8-6-10-21(24)32-29(36)27-23(35)18-31(3,38)28(26(27)19-14-16-20(34)17-15-19)30(37)33-22-11-7-9-13-25(22)40-5-2/h6-17,26-28,34,38H,4-5,18H2,1-3H3,(H,32,36)(H,33,37). The van der Waals surface area contributed by atoms with Crippen molar-refractivity contribution in [1.82, 2.24) is 0 Å². The Labute approximate surface area is 233 Å². The van der Waals surface area contributed by atoms with Crippen molar-refractivity contribution in [2.45, 2.75) is 38.7 Å². The molecule has 9 nitrogen and oxygen atoms in total. The van der Waals surface area contributed by atoms with Gasteiger partial charge in [-0.25, -0.2) is 0 Å². The molecule has 3 aromatic rings.